The lowest BCUT2D eigenvalue weighted by Gasteiger charge is -2.05. The molecule has 0 aliphatic carbocycles. The van der Waals surface area contributed by atoms with Gasteiger partial charge in [-0.3, -0.25) is 0 Å². The number of nitrogens with two attached hydrogens (primary N) is 1. The summed E-state index contributed by atoms with van der Waals surface area (Å²) in [5.74, 6) is -0.0551. The Hall–Kier alpha value is -1.48. The summed E-state index contributed by atoms with van der Waals surface area (Å²) in [5, 5.41) is 6.13. The van der Waals surface area contributed by atoms with E-state index in [2.05, 4.69) is 25.3 Å². The van der Waals surface area contributed by atoms with E-state index >= 15 is 0 Å². The van der Waals surface area contributed by atoms with Crippen molar-refractivity contribution in [3.05, 3.63) is 33.4 Å². The van der Waals surface area contributed by atoms with Crippen molar-refractivity contribution in [3.63, 3.8) is 0 Å². The van der Waals surface area contributed by atoms with E-state index in [4.69, 9.17) is 17.3 Å². The van der Waals surface area contributed by atoms with Crippen LogP contribution in [0, 0.1) is 5.82 Å². The maximum Gasteiger partial charge on any atom is 0.226 e. The summed E-state index contributed by atoms with van der Waals surface area (Å²) < 4.78 is 14.6. The zero-order valence-corrected chi connectivity index (χ0v) is 14.5. The normalized spacial score (nSPS) is 12.2. The number of nitrogens with zero attached hydrogens (tertiary/aromatic N) is 3. The number of H-pyrrole nitrogens is 1. The van der Waals surface area contributed by atoms with E-state index in [-0.39, 0.29) is 29.1 Å². The van der Waals surface area contributed by atoms with Crippen molar-refractivity contribution in [1.29, 1.82) is 0 Å². The predicted molar refractivity (Wildman–Crippen MR) is 92.9 cm³/mol. The van der Waals surface area contributed by atoms with Crippen LogP contribution >= 0.6 is 35.3 Å². The number of nitrogens with one attached hydrogen (secondary N) is 2. The van der Waals surface area contributed by atoms with Gasteiger partial charge in [0.1, 0.15) is 16.5 Å². The number of aromatic nitrogens is 4. The van der Waals surface area contributed by atoms with Crippen LogP contribution < -0.4 is 11.1 Å². The molecule has 3 rings (SSSR count). The average Bonchev–Trinajstić information content (AvgIpc) is 3.05. The third kappa shape index (κ3) is 3.89. The van der Waals surface area contributed by atoms with Crippen LogP contribution in [0.4, 0.5) is 10.2 Å². The zero-order valence-electron chi connectivity index (χ0n) is 12.1. The lowest BCUT2D eigenvalue weighted by atomic mass is 10.2. The Bertz CT molecular complexity index is 789. The molecule has 0 amide bonds. The maximum absolute atomic E-state index is 14.6. The van der Waals surface area contributed by atoms with Crippen molar-refractivity contribution >= 4 is 52.2 Å². The molecule has 124 valence electrons. The predicted octanol–water partition coefficient (Wildman–Crippen LogP) is 3.13. The van der Waals surface area contributed by atoms with Crippen LogP contribution in [-0.2, 0) is 13.0 Å². The van der Waals surface area contributed by atoms with Gasteiger partial charge in [0.15, 0.2) is 5.82 Å². The Morgan fingerprint density at radius 3 is 2.91 bits per heavy atom. The maximum atomic E-state index is 14.6. The molecule has 0 aromatic carbocycles. The summed E-state index contributed by atoms with van der Waals surface area (Å²) in [7, 11) is 0. The molecule has 0 unspecified atom stereocenters. The smallest absolute Gasteiger partial charge is 0.226 e. The molecule has 3 aromatic rings. The van der Waals surface area contributed by atoms with E-state index in [0.717, 1.165) is 5.01 Å². The van der Waals surface area contributed by atoms with E-state index in [9.17, 15) is 4.39 Å². The van der Waals surface area contributed by atoms with E-state index in [0.29, 0.717) is 30.1 Å². The fourth-order valence-corrected chi connectivity index (χ4v) is 2.90. The first-order valence-electron chi connectivity index (χ1n) is 6.66. The van der Waals surface area contributed by atoms with Crippen LogP contribution in [0.15, 0.2) is 11.6 Å². The van der Waals surface area contributed by atoms with E-state index in [1.807, 2.05) is 12.3 Å². The van der Waals surface area contributed by atoms with Crippen LogP contribution in [0.5, 0.6) is 0 Å². The van der Waals surface area contributed by atoms with Gasteiger partial charge in [-0.05, 0) is 18.5 Å². The highest BCUT2D eigenvalue weighted by molar-refractivity contribution is 7.09. The lowest BCUT2D eigenvalue weighted by molar-refractivity contribution is 0.602. The Balaban J connectivity index is 0.00000192. The highest BCUT2D eigenvalue weighted by atomic mass is 35.5. The summed E-state index contributed by atoms with van der Waals surface area (Å²) in [6.45, 7) is 2.25. The topological polar surface area (TPSA) is 92.5 Å². The Kier molecular flexibility index (Phi) is 5.74. The number of halogens is 3. The lowest BCUT2D eigenvalue weighted by Crippen LogP contribution is -2.18. The first-order chi connectivity index (χ1) is 10.5. The Morgan fingerprint density at radius 2 is 2.26 bits per heavy atom. The number of anilines is 1. The summed E-state index contributed by atoms with van der Waals surface area (Å²) in [5.41, 5.74) is 6.49. The van der Waals surface area contributed by atoms with Gasteiger partial charge >= 0.3 is 0 Å². The molecule has 3 aromatic heterocycles. The molecule has 0 fully saturated rings. The van der Waals surface area contributed by atoms with Crippen molar-refractivity contribution in [1.82, 2.24) is 19.9 Å². The molecule has 0 saturated heterocycles. The molecule has 0 saturated carbocycles. The van der Waals surface area contributed by atoms with Gasteiger partial charge in [-0.25, -0.2) is 9.37 Å². The fourth-order valence-electron chi connectivity index (χ4n) is 2.17. The van der Waals surface area contributed by atoms with Crippen LogP contribution in [0.2, 0.25) is 5.28 Å². The average molecular weight is 377 g/mol. The first-order valence-corrected chi connectivity index (χ1v) is 7.91. The van der Waals surface area contributed by atoms with Crippen LogP contribution in [0.25, 0.3) is 11.0 Å². The summed E-state index contributed by atoms with van der Waals surface area (Å²) >= 11 is 7.41. The molecule has 3 heterocycles. The van der Waals surface area contributed by atoms with Crippen molar-refractivity contribution < 1.29 is 4.39 Å². The zero-order chi connectivity index (χ0) is 15.7. The van der Waals surface area contributed by atoms with Gasteiger partial charge in [-0.1, -0.05) is 0 Å². The fraction of sp³-hybridized carbons (Fsp3) is 0.308. The summed E-state index contributed by atoms with van der Waals surface area (Å²) in [4.78, 5) is 15.2. The third-order valence-corrected chi connectivity index (χ3v) is 4.00. The van der Waals surface area contributed by atoms with Gasteiger partial charge < -0.3 is 16.0 Å². The number of hydrogen-bond donors (Lipinski definition) is 3. The molecule has 0 aliphatic heterocycles. The van der Waals surface area contributed by atoms with Crippen molar-refractivity contribution in [2.24, 2.45) is 5.73 Å². The monoisotopic (exact) mass is 376 g/mol. The molecule has 0 aliphatic rings. The van der Waals surface area contributed by atoms with Crippen molar-refractivity contribution in [3.8, 4) is 0 Å². The Labute approximate surface area is 147 Å². The van der Waals surface area contributed by atoms with E-state index < -0.39 is 5.82 Å². The van der Waals surface area contributed by atoms with Gasteiger partial charge in [0.2, 0.25) is 5.28 Å². The van der Waals surface area contributed by atoms with E-state index in [1.165, 1.54) is 11.3 Å². The summed E-state index contributed by atoms with van der Waals surface area (Å²) in [6.07, 6.45) is 2.09. The van der Waals surface area contributed by atoms with Crippen LogP contribution in [0.1, 0.15) is 17.6 Å². The quantitative estimate of drug-likeness (QED) is 0.594. The van der Waals surface area contributed by atoms with Gasteiger partial charge in [-0.15, -0.1) is 23.7 Å². The van der Waals surface area contributed by atoms with Gasteiger partial charge in [0, 0.05) is 24.0 Å². The van der Waals surface area contributed by atoms with Gasteiger partial charge in [0.25, 0.3) is 0 Å². The molecule has 1 atom stereocenters. The molecule has 23 heavy (non-hydrogen) atoms. The standard InChI is InChI=1S/C13H14ClFN6S.ClH/c1-6(16)4-7-10(15)9-11(18-5-8-17-2-3-22-8)20-13(14)21-12(9)19-7;/h2-3,6H,4-5,16H2,1H3,(H2,18,19,20,21);1H/t6-;/m0./s1. The second-order valence-corrected chi connectivity index (χ2v) is 6.26. The first kappa shape index (κ1) is 17.9. The van der Waals surface area contributed by atoms with Gasteiger partial charge in [0.05, 0.1) is 17.6 Å². The van der Waals surface area contributed by atoms with E-state index in [1.54, 1.807) is 6.20 Å². The molecular formula is C13H15Cl2FN6S. The van der Waals surface area contributed by atoms with Gasteiger partial charge in [-0.2, -0.15) is 9.97 Å². The van der Waals surface area contributed by atoms with Crippen LogP contribution in [-0.4, -0.2) is 26.0 Å². The Morgan fingerprint density at radius 1 is 1.48 bits per heavy atom. The highest BCUT2D eigenvalue weighted by Gasteiger charge is 2.19. The minimum absolute atomic E-state index is 0. The van der Waals surface area contributed by atoms with Crippen LogP contribution in [0.3, 0.4) is 0 Å². The molecular weight excluding hydrogens is 362 g/mol. The molecule has 10 heteroatoms. The SMILES string of the molecule is C[C@H](N)Cc1[nH]c2nc(Cl)nc(NCc3nccs3)c2c1F.Cl. The molecule has 0 radical (unpaired) electrons. The van der Waals surface area contributed by atoms with Crippen molar-refractivity contribution in [2.45, 2.75) is 25.9 Å². The number of hydrogen-bond acceptors (Lipinski definition) is 6. The number of rotatable bonds is 5. The molecule has 4 N–H and O–H groups in total. The second-order valence-electron chi connectivity index (χ2n) is 4.94. The minimum atomic E-state index is -0.398. The number of aromatic amines is 1. The third-order valence-electron chi connectivity index (χ3n) is 3.05. The second kappa shape index (κ2) is 7.39. The summed E-state index contributed by atoms with van der Waals surface area (Å²) in [6, 6.07) is -0.169. The molecule has 0 bridgehead atoms. The largest absolute Gasteiger partial charge is 0.363 e. The molecule has 0 spiro atoms. The minimum Gasteiger partial charge on any atom is -0.363 e. The van der Waals surface area contributed by atoms with Crippen molar-refractivity contribution in [2.75, 3.05) is 5.32 Å². The number of fused-ring (bicyclic) bond motifs is 1. The number of thiazole rings is 1. The highest BCUT2D eigenvalue weighted by Crippen LogP contribution is 2.28. The molecule has 6 nitrogen and oxygen atoms in total.